The number of thiophene rings is 1. The van der Waals surface area contributed by atoms with Crippen LogP contribution in [-0.2, 0) is 11.3 Å². The highest BCUT2D eigenvalue weighted by Crippen LogP contribution is 2.20. The third-order valence-corrected chi connectivity index (χ3v) is 4.98. The highest BCUT2D eigenvalue weighted by molar-refractivity contribution is 7.10. The van der Waals surface area contributed by atoms with Crippen LogP contribution in [0.2, 0.25) is 0 Å². The molecule has 0 saturated carbocycles. The van der Waals surface area contributed by atoms with Crippen molar-refractivity contribution in [1.29, 1.82) is 0 Å². The number of rotatable bonds is 7. The van der Waals surface area contributed by atoms with E-state index in [-0.39, 0.29) is 12.5 Å². The van der Waals surface area contributed by atoms with E-state index in [1.165, 1.54) is 10.4 Å². The third kappa shape index (κ3) is 4.30. The van der Waals surface area contributed by atoms with Crippen molar-refractivity contribution in [1.82, 2.24) is 10.2 Å². The Balaban J connectivity index is 1.74. The fraction of sp³-hybridized carbons (Fsp3) is 0.667. The fourth-order valence-corrected chi connectivity index (χ4v) is 3.61. The zero-order valence-electron chi connectivity index (χ0n) is 12.1. The molecule has 0 spiro atoms. The Labute approximate surface area is 124 Å². The summed E-state index contributed by atoms with van der Waals surface area (Å²) in [6, 6.07) is 2.55. The number of nitrogens with zero attached hydrogens (tertiary/aromatic N) is 1. The molecule has 112 valence electrons. The van der Waals surface area contributed by atoms with Crippen LogP contribution in [-0.4, -0.2) is 41.7 Å². The number of aliphatic hydroxyl groups is 1. The summed E-state index contributed by atoms with van der Waals surface area (Å²) in [4.78, 5) is 15.5. The maximum Gasteiger partial charge on any atom is 0.234 e. The van der Waals surface area contributed by atoms with Gasteiger partial charge in [-0.25, -0.2) is 0 Å². The molecule has 1 atom stereocenters. The first-order chi connectivity index (χ1) is 9.70. The maximum atomic E-state index is 12.0. The summed E-state index contributed by atoms with van der Waals surface area (Å²) in [5, 5.41) is 14.0. The van der Waals surface area contributed by atoms with Gasteiger partial charge < -0.3 is 10.4 Å². The molecule has 0 radical (unpaired) electrons. The van der Waals surface area contributed by atoms with Crippen LogP contribution in [0.3, 0.4) is 0 Å². The molecule has 1 saturated heterocycles. The van der Waals surface area contributed by atoms with Crippen molar-refractivity contribution in [2.45, 2.75) is 45.2 Å². The molecule has 1 unspecified atom stereocenters. The molecule has 1 aromatic heterocycles. The lowest BCUT2D eigenvalue weighted by atomic mass is 10.1. The van der Waals surface area contributed by atoms with Crippen LogP contribution in [0.4, 0.5) is 0 Å². The Morgan fingerprint density at radius 2 is 2.45 bits per heavy atom. The SMILES string of the molecule is Cc1ccsc1CNC(=O)CN1CCCC1CCCO. The largest absolute Gasteiger partial charge is 0.396 e. The van der Waals surface area contributed by atoms with Crippen LogP contribution < -0.4 is 5.32 Å². The number of aliphatic hydroxyl groups excluding tert-OH is 1. The number of hydrogen-bond donors (Lipinski definition) is 2. The van der Waals surface area contributed by atoms with Gasteiger partial charge in [0.2, 0.25) is 5.91 Å². The predicted molar refractivity (Wildman–Crippen MR) is 81.8 cm³/mol. The van der Waals surface area contributed by atoms with Crippen LogP contribution in [0.5, 0.6) is 0 Å². The van der Waals surface area contributed by atoms with Gasteiger partial charge in [0.25, 0.3) is 0 Å². The molecule has 1 aromatic rings. The van der Waals surface area contributed by atoms with Crippen LogP contribution in [0.25, 0.3) is 0 Å². The third-order valence-electron chi connectivity index (χ3n) is 3.96. The van der Waals surface area contributed by atoms with Crippen LogP contribution in [0, 0.1) is 6.92 Å². The molecule has 5 heteroatoms. The number of carbonyl (C=O) groups excluding carboxylic acids is 1. The standard InChI is InChI=1S/C15H24N2O2S/c1-12-6-9-20-14(12)10-16-15(19)11-17-7-2-4-13(17)5-3-8-18/h6,9,13,18H,2-5,7-8,10-11H2,1H3,(H,16,19). The number of amides is 1. The van der Waals surface area contributed by atoms with Gasteiger partial charge in [0.1, 0.15) is 0 Å². The summed E-state index contributed by atoms with van der Waals surface area (Å²) in [5.74, 6) is 0.105. The van der Waals surface area contributed by atoms with E-state index in [2.05, 4.69) is 28.6 Å². The van der Waals surface area contributed by atoms with Gasteiger partial charge in [0.15, 0.2) is 0 Å². The molecular formula is C15H24N2O2S. The summed E-state index contributed by atoms with van der Waals surface area (Å²) in [5.41, 5.74) is 1.25. The maximum absolute atomic E-state index is 12.0. The molecule has 1 aliphatic heterocycles. The molecule has 0 bridgehead atoms. The molecule has 1 amide bonds. The quantitative estimate of drug-likeness (QED) is 0.808. The summed E-state index contributed by atoms with van der Waals surface area (Å²) in [6.45, 7) is 4.44. The minimum atomic E-state index is 0.105. The minimum Gasteiger partial charge on any atom is -0.396 e. The number of hydrogen-bond acceptors (Lipinski definition) is 4. The van der Waals surface area contributed by atoms with Crippen LogP contribution >= 0.6 is 11.3 Å². The monoisotopic (exact) mass is 296 g/mol. The molecule has 1 aliphatic rings. The van der Waals surface area contributed by atoms with E-state index in [9.17, 15) is 4.79 Å². The number of likely N-dealkylation sites (tertiary alicyclic amines) is 1. The van der Waals surface area contributed by atoms with E-state index in [1.807, 2.05) is 0 Å². The summed E-state index contributed by atoms with van der Waals surface area (Å²) in [6.07, 6.45) is 4.13. The van der Waals surface area contributed by atoms with Crippen molar-refractivity contribution < 1.29 is 9.90 Å². The molecule has 0 aliphatic carbocycles. The van der Waals surface area contributed by atoms with Crippen molar-refractivity contribution >= 4 is 17.2 Å². The van der Waals surface area contributed by atoms with Gasteiger partial charge in [0.05, 0.1) is 13.1 Å². The van der Waals surface area contributed by atoms with Crippen LogP contribution in [0.15, 0.2) is 11.4 Å². The number of carbonyl (C=O) groups is 1. The highest BCUT2D eigenvalue weighted by Gasteiger charge is 2.25. The van der Waals surface area contributed by atoms with E-state index in [4.69, 9.17) is 5.11 Å². The first kappa shape index (κ1) is 15.5. The predicted octanol–water partition coefficient (Wildman–Crippen LogP) is 1.91. The van der Waals surface area contributed by atoms with Gasteiger partial charge in [0, 0.05) is 17.5 Å². The lowest BCUT2D eigenvalue weighted by molar-refractivity contribution is -0.122. The zero-order valence-corrected chi connectivity index (χ0v) is 12.9. The Morgan fingerprint density at radius 1 is 1.60 bits per heavy atom. The fourth-order valence-electron chi connectivity index (χ4n) is 2.76. The number of aryl methyl sites for hydroxylation is 1. The molecular weight excluding hydrogens is 272 g/mol. The zero-order chi connectivity index (χ0) is 14.4. The van der Waals surface area contributed by atoms with Crippen molar-refractivity contribution in [2.24, 2.45) is 0 Å². The average Bonchev–Trinajstić information content (AvgIpc) is 3.03. The summed E-state index contributed by atoms with van der Waals surface area (Å²) >= 11 is 1.69. The second-order valence-electron chi connectivity index (χ2n) is 5.44. The molecule has 20 heavy (non-hydrogen) atoms. The summed E-state index contributed by atoms with van der Waals surface area (Å²) < 4.78 is 0. The second-order valence-corrected chi connectivity index (χ2v) is 6.44. The lowest BCUT2D eigenvalue weighted by Crippen LogP contribution is -2.39. The van der Waals surface area contributed by atoms with Crippen molar-refractivity contribution in [3.63, 3.8) is 0 Å². The van der Waals surface area contributed by atoms with E-state index in [1.54, 1.807) is 11.3 Å². The normalized spacial score (nSPS) is 19.4. The van der Waals surface area contributed by atoms with Crippen molar-refractivity contribution in [3.8, 4) is 0 Å². The second kappa shape index (κ2) is 7.76. The van der Waals surface area contributed by atoms with Gasteiger partial charge in [-0.3, -0.25) is 9.69 Å². The van der Waals surface area contributed by atoms with E-state index < -0.39 is 0 Å². The Bertz CT molecular complexity index is 433. The lowest BCUT2D eigenvalue weighted by Gasteiger charge is -2.23. The summed E-state index contributed by atoms with van der Waals surface area (Å²) in [7, 11) is 0. The first-order valence-electron chi connectivity index (χ1n) is 7.35. The van der Waals surface area contributed by atoms with Crippen LogP contribution in [0.1, 0.15) is 36.1 Å². The van der Waals surface area contributed by atoms with Gasteiger partial charge >= 0.3 is 0 Å². The van der Waals surface area contributed by atoms with Crippen molar-refractivity contribution in [3.05, 3.63) is 21.9 Å². The molecule has 2 rings (SSSR count). The topological polar surface area (TPSA) is 52.6 Å². The smallest absolute Gasteiger partial charge is 0.234 e. The van der Waals surface area contributed by atoms with E-state index in [0.717, 1.165) is 32.2 Å². The minimum absolute atomic E-state index is 0.105. The average molecular weight is 296 g/mol. The van der Waals surface area contributed by atoms with Gasteiger partial charge in [-0.15, -0.1) is 11.3 Å². The van der Waals surface area contributed by atoms with E-state index >= 15 is 0 Å². The van der Waals surface area contributed by atoms with Gasteiger partial charge in [-0.1, -0.05) is 0 Å². The number of nitrogens with one attached hydrogen (secondary N) is 1. The molecule has 1 fully saturated rings. The first-order valence-corrected chi connectivity index (χ1v) is 8.23. The van der Waals surface area contributed by atoms with Gasteiger partial charge in [-0.05, 0) is 56.2 Å². The highest BCUT2D eigenvalue weighted by atomic mass is 32.1. The Kier molecular flexibility index (Phi) is 6.01. The molecule has 2 N–H and O–H groups in total. The molecule has 2 heterocycles. The molecule has 0 aromatic carbocycles. The molecule has 4 nitrogen and oxygen atoms in total. The van der Waals surface area contributed by atoms with E-state index in [0.29, 0.717) is 19.1 Å². The van der Waals surface area contributed by atoms with Crippen molar-refractivity contribution in [2.75, 3.05) is 19.7 Å². The Hall–Kier alpha value is -0.910. The van der Waals surface area contributed by atoms with Gasteiger partial charge in [-0.2, -0.15) is 0 Å². The Morgan fingerprint density at radius 3 is 3.15 bits per heavy atom.